The largest absolute Gasteiger partial charge is 0.344 e. The molecule has 3 atom stereocenters. The first kappa shape index (κ1) is 19.0. The van der Waals surface area contributed by atoms with Crippen molar-refractivity contribution in [1.82, 2.24) is 5.32 Å². The van der Waals surface area contributed by atoms with E-state index in [1.807, 2.05) is 12.1 Å². The minimum atomic E-state index is -0.444. The lowest BCUT2D eigenvalue weighted by Crippen LogP contribution is -2.45. The quantitative estimate of drug-likeness (QED) is 0.852. The van der Waals surface area contributed by atoms with Crippen LogP contribution in [0.25, 0.3) is 0 Å². The van der Waals surface area contributed by atoms with Crippen LogP contribution in [0, 0.1) is 11.8 Å². The van der Waals surface area contributed by atoms with Crippen LogP contribution in [0.4, 0.5) is 5.69 Å². The highest BCUT2D eigenvalue weighted by Gasteiger charge is 2.37. The number of anilines is 1. The molecular formula is C17H23Cl2N3O2. The fourth-order valence-corrected chi connectivity index (χ4v) is 3.84. The van der Waals surface area contributed by atoms with Crippen LogP contribution in [0.5, 0.6) is 0 Å². The van der Waals surface area contributed by atoms with E-state index in [4.69, 9.17) is 17.3 Å². The van der Waals surface area contributed by atoms with Crippen molar-refractivity contribution in [2.24, 2.45) is 17.6 Å². The van der Waals surface area contributed by atoms with Crippen molar-refractivity contribution in [3.8, 4) is 0 Å². The Hall–Kier alpha value is -1.30. The van der Waals surface area contributed by atoms with Crippen molar-refractivity contribution >= 4 is 41.5 Å². The summed E-state index contributed by atoms with van der Waals surface area (Å²) in [6.07, 6.45) is 3.53. The Morgan fingerprint density at radius 2 is 2.12 bits per heavy atom. The zero-order chi connectivity index (χ0) is 16.4. The van der Waals surface area contributed by atoms with Gasteiger partial charge in [-0.1, -0.05) is 24.1 Å². The number of benzene rings is 1. The lowest BCUT2D eigenvalue weighted by Gasteiger charge is -2.21. The van der Waals surface area contributed by atoms with E-state index in [0.29, 0.717) is 24.5 Å². The fraction of sp³-hybridized carbons (Fsp3) is 0.529. The van der Waals surface area contributed by atoms with E-state index in [9.17, 15) is 9.59 Å². The maximum atomic E-state index is 12.6. The number of nitrogens with one attached hydrogen (secondary N) is 1. The van der Waals surface area contributed by atoms with Crippen LogP contribution < -0.4 is 16.0 Å². The van der Waals surface area contributed by atoms with Crippen LogP contribution >= 0.6 is 24.0 Å². The average Bonchev–Trinajstić information content (AvgIpc) is 3.15. The number of hydrogen-bond acceptors (Lipinski definition) is 3. The molecule has 2 aliphatic rings. The molecule has 1 aliphatic heterocycles. The van der Waals surface area contributed by atoms with Crippen LogP contribution in [-0.4, -0.2) is 30.9 Å². The van der Waals surface area contributed by atoms with Crippen LogP contribution in [0.3, 0.4) is 0 Å². The summed E-state index contributed by atoms with van der Waals surface area (Å²) in [5.41, 5.74) is 6.52. The standard InChI is InChI=1S/C17H22ClN3O2.ClH/c18-12-4-2-5-13(9-12)21-8-7-15(17(21)23)20-16(22)14-6-1-3-11(14)10-19;/h2,4-5,9,11,14-15H,1,3,6-8,10,19H2,(H,20,22);1H/t11-,14-,15?;/m1./s1. The molecule has 3 N–H and O–H groups in total. The summed E-state index contributed by atoms with van der Waals surface area (Å²) in [4.78, 5) is 26.7. The van der Waals surface area contributed by atoms with Gasteiger partial charge in [0.15, 0.2) is 0 Å². The molecule has 3 rings (SSSR count). The van der Waals surface area contributed by atoms with Crippen molar-refractivity contribution in [2.75, 3.05) is 18.0 Å². The zero-order valence-corrected chi connectivity index (χ0v) is 15.0. The summed E-state index contributed by atoms with van der Waals surface area (Å²) < 4.78 is 0. The SMILES string of the molecule is Cl.NC[C@H]1CCC[C@H]1C(=O)NC1CCN(c2cccc(Cl)c2)C1=O. The van der Waals surface area contributed by atoms with E-state index in [2.05, 4.69) is 5.32 Å². The molecule has 1 aromatic carbocycles. The van der Waals surface area contributed by atoms with E-state index < -0.39 is 6.04 Å². The normalized spacial score (nSPS) is 26.3. The minimum absolute atomic E-state index is 0. The number of rotatable bonds is 4. The topological polar surface area (TPSA) is 75.4 Å². The lowest BCUT2D eigenvalue weighted by atomic mass is 9.95. The monoisotopic (exact) mass is 371 g/mol. The van der Waals surface area contributed by atoms with Crippen molar-refractivity contribution in [2.45, 2.75) is 31.7 Å². The molecule has 132 valence electrons. The minimum Gasteiger partial charge on any atom is -0.344 e. The van der Waals surface area contributed by atoms with Gasteiger partial charge in [0, 0.05) is 23.2 Å². The number of halogens is 2. The zero-order valence-electron chi connectivity index (χ0n) is 13.4. The molecule has 0 bridgehead atoms. The highest BCUT2D eigenvalue weighted by molar-refractivity contribution is 6.31. The molecule has 2 amide bonds. The smallest absolute Gasteiger partial charge is 0.249 e. The van der Waals surface area contributed by atoms with Crippen LogP contribution in [0.15, 0.2) is 24.3 Å². The van der Waals surface area contributed by atoms with Crippen LogP contribution in [0.2, 0.25) is 5.02 Å². The molecule has 24 heavy (non-hydrogen) atoms. The Bertz CT molecular complexity index is 611. The Morgan fingerprint density at radius 1 is 1.33 bits per heavy atom. The van der Waals surface area contributed by atoms with Gasteiger partial charge in [0.25, 0.3) is 0 Å². The number of hydrogen-bond donors (Lipinski definition) is 2. The number of nitrogens with two attached hydrogens (primary N) is 1. The molecule has 7 heteroatoms. The molecule has 1 unspecified atom stereocenters. The van der Waals surface area contributed by atoms with E-state index in [1.54, 1.807) is 17.0 Å². The molecule has 1 saturated heterocycles. The third-order valence-electron chi connectivity index (χ3n) is 4.94. The second-order valence-electron chi connectivity index (χ2n) is 6.35. The van der Waals surface area contributed by atoms with E-state index in [0.717, 1.165) is 24.9 Å². The summed E-state index contributed by atoms with van der Waals surface area (Å²) in [6.45, 7) is 1.13. The van der Waals surface area contributed by atoms with Gasteiger partial charge in [-0.25, -0.2) is 0 Å². The van der Waals surface area contributed by atoms with Gasteiger partial charge in [-0.05, 0) is 49.9 Å². The second-order valence-corrected chi connectivity index (χ2v) is 6.79. The first-order chi connectivity index (χ1) is 11.1. The second kappa shape index (κ2) is 8.19. The van der Waals surface area contributed by atoms with E-state index in [1.165, 1.54) is 0 Å². The molecule has 0 radical (unpaired) electrons. The summed E-state index contributed by atoms with van der Waals surface area (Å²) in [5.74, 6) is 0.107. The number of amides is 2. The molecule has 1 aromatic rings. The average molecular weight is 372 g/mol. The third-order valence-corrected chi connectivity index (χ3v) is 5.18. The maximum absolute atomic E-state index is 12.6. The maximum Gasteiger partial charge on any atom is 0.249 e. The van der Waals surface area contributed by atoms with Gasteiger partial charge in [-0.3, -0.25) is 9.59 Å². The lowest BCUT2D eigenvalue weighted by molar-refractivity contribution is -0.129. The van der Waals surface area contributed by atoms with Crippen molar-refractivity contribution in [3.05, 3.63) is 29.3 Å². The first-order valence-electron chi connectivity index (χ1n) is 8.17. The Kier molecular flexibility index (Phi) is 6.49. The summed E-state index contributed by atoms with van der Waals surface area (Å²) >= 11 is 5.99. The van der Waals surface area contributed by atoms with Crippen LogP contribution in [-0.2, 0) is 9.59 Å². The highest BCUT2D eigenvalue weighted by atomic mass is 35.5. The van der Waals surface area contributed by atoms with Crippen molar-refractivity contribution in [3.63, 3.8) is 0 Å². The van der Waals surface area contributed by atoms with E-state index in [-0.39, 0.29) is 36.1 Å². The predicted octanol–water partition coefficient (Wildman–Crippen LogP) is 2.36. The van der Waals surface area contributed by atoms with Gasteiger partial charge in [0.05, 0.1) is 0 Å². The first-order valence-corrected chi connectivity index (χ1v) is 8.55. The number of nitrogens with zero attached hydrogens (tertiary/aromatic N) is 1. The Labute approximate surface area is 153 Å². The molecule has 2 fully saturated rings. The van der Waals surface area contributed by atoms with Crippen molar-refractivity contribution in [1.29, 1.82) is 0 Å². The molecule has 1 aliphatic carbocycles. The van der Waals surface area contributed by atoms with E-state index >= 15 is 0 Å². The van der Waals surface area contributed by atoms with Gasteiger partial charge in [0.1, 0.15) is 6.04 Å². The van der Waals surface area contributed by atoms with Gasteiger partial charge < -0.3 is 16.0 Å². The molecule has 5 nitrogen and oxygen atoms in total. The van der Waals surface area contributed by atoms with Crippen LogP contribution in [0.1, 0.15) is 25.7 Å². The molecule has 1 saturated carbocycles. The molecular weight excluding hydrogens is 349 g/mol. The summed E-state index contributed by atoms with van der Waals surface area (Å²) in [7, 11) is 0. The summed E-state index contributed by atoms with van der Waals surface area (Å²) in [5, 5.41) is 3.53. The molecule has 0 spiro atoms. The molecule has 1 heterocycles. The Balaban J connectivity index is 0.00000208. The highest BCUT2D eigenvalue weighted by Crippen LogP contribution is 2.31. The van der Waals surface area contributed by atoms with Gasteiger partial charge >= 0.3 is 0 Å². The number of carbonyl (C=O) groups excluding carboxylic acids is 2. The molecule has 0 aromatic heterocycles. The van der Waals surface area contributed by atoms with Gasteiger partial charge in [0.2, 0.25) is 11.8 Å². The fourth-order valence-electron chi connectivity index (χ4n) is 3.66. The van der Waals surface area contributed by atoms with Crippen molar-refractivity contribution < 1.29 is 9.59 Å². The van der Waals surface area contributed by atoms with Gasteiger partial charge in [-0.2, -0.15) is 0 Å². The summed E-state index contributed by atoms with van der Waals surface area (Å²) in [6, 6.07) is 6.78. The predicted molar refractivity (Wildman–Crippen MR) is 97.5 cm³/mol. The third kappa shape index (κ3) is 3.85. The Morgan fingerprint density at radius 3 is 2.83 bits per heavy atom. The number of carbonyl (C=O) groups is 2. The van der Waals surface area contributed by atoms with Gasteiger partial charge in [-0.15, -0.1) is 12.4 Å².